The van der Waals surface area contributed by atoms with Gasteiger partial charge in [-0.1, -0.05) is 23.9 Å². The number of hydrogen-bond acceptors (Lipinski definition) is 4. The van der Waals surface area contributed by atoms with Crippen LogP contribution < -0.4 is 5.73 Å². The fraction of sp³-hybridized carbons (Fsp3) is 0. The Morgan fingerprint density at radius 3 is 2.35 bits per heavy atom. The number of nitro benzene ring substituents is 1. The molecule has 0 atom stereocenters. The molecule has 4 nitrogen and oxygen atoms in total. The van der Waals surface area contributed by atoms with Crippen molar-refractivity contribution in [1.82, 2.24) is 0 Å². The summed E-state index contributed by atoms with van der Waals surface area (Å²) in [6, 6.07) is 13.9. The number of anilines is 1. The van der Waals surface area contributed by atoms with E-state index in [4.69, 9.17) is 5.73 Å². The van der Waals surface area contributed by atoms with Crippen LogP contribution in [0.15, 0.2) is 58.3 Å². The number of nitrogens with zero attached hydrogens (tertiary/aromatic N) is 1. The van der Waals surface area contributed by atoms with Crippen molar-refractivity contribution in [3.63, 3.8) is 0 Å². The fourth-order valence-electron chi connectivity index (χ4n) is 1.36. The van der Waals surface area contributed by atoms with Crippen LogP contribution in [0.4, 0.5) is 11.4 Å². The molecule has 0 aliphatic heterocycles. The Labute approximate surface area is 103 Å². The molecule has 0 unspecified atom stereocenters. The highest BCUT2D eigenvalue weighted by atomic mass is 32.2. The Hall–Kier alpha value is -2.01. The molecule has 0 saturated heterocycles. The molecule has 0 radical (unpaired) electrons. The Morgan fingerprint density at radius 2 is 1.71 bits per heavy atom. The second-order valence-electron chi connectivity index (χ2n) is 3.40. The summed E-state index contributed by atoms with van der Waals surface area (Å²) in [7, 11) is 0. The lowest BCUT2D eigenvalue weighted by atomic mass is 10.3. The summed E-state index contributed by atoms with van der Waals surface area (Å²) in [6.45, 7) is 0. The lowest BCUT2D eigenvalue weighted by Gasteiger charge is -2.02. The van der Waals surface area contributed by atoms with Crippen molar-refractivity contribution in [3.8, 4) is 0 Å². The number of para-hydroxylation sites is 1. The highest BCUT2D eigenvalue weighted by molar-refractivity contribution is 7.99. The first-order valence-electron chi connectivity index (χ1n) is 4.93. The number of benzene rings is 2. The van der Waals surface area contributed by atoms with Gasteiger partial charge in [0.15, 0.2) is 0 Å². The van der Waals surface area contributed by atoms with Gasteiger partial charge in [0, 0.05) is 16.6 Å². The van der Waals surface area contributed by atoms with Crippen LogP contribution in [-0.2, 0) is 0 Å². The Morgan fingerprint density at radius 1 is 1.06 bits per heavy atom. The van der Waals surface area contributed by atoms with Crippen molar-refractivity contribution in [2.24, 2.45) is 0 Å². The highest BCUT2D eigenvalue weighted by Gasteiger charge is 2.13. The summed E-state index contributed by atoms with van der Waals surface area (Å²) in [6.07, 6.45) is 0. The molecule has 0 fully saturated rings. The largest absolute Gasteiger partial charge is 0.399 e. The molecule has 0 heterocycles. The van der Waals surface area contributed by atoms with Gasteiger partial charge in [-0.2, -0.15) is 0 Å². The van der Waals surface area contributed by atoms with E-state index in [0.29, 0.717) is 10.6 Å². The van der Waals surface area contributed by atoms with Crippen molar-refractivity contribution in [2.75, 3.05) is 5.73 Å². The third-order valence-corrected chi connectivity index (χ3v) is 3.24. The van der Waals surface area contributed by atoms with Gasteiger partial charge in [-0.15, -0.1) is 0 Å². The van der Waals surface area contributed by atoms with Crippen LogP contribution in [-0.4, -0.2) is 4.92 Å². The lowest BCUT2D eigenvalue weighted by molar-refractivity contribution is -0.387. The van der Waals surface area contributed by atoms with Crippen molar-refractivity contribution < 1.29 is 4.92 Å². The zero-order valence-electron chi connectivity index (χ0n) is 8.87. The van der Waals surface area contributed by atoms with Gasteiger partial charge in [0.05, 0.1) is 9.82 Å². The summed E-state index contributed by atoms with van der Waals surface area (Å²) in [5, 5.41) is 10.8. The second kappa shape index (κ2) is 4.88. The zero-order valence-corrected chi connectivity index (χ0v) is 9.68. The maximum atomic E-state index is 10.8. The Bertz CT molecular complexity index is 540. The minimum absolute atomic E-state index is 0.120. The van der Waals surface area contributed by atoms with E-state index in [1.54, 1.807) is 30.3 Å². The Balaban J connectivity index is 2.30. The van der Waals surface area contributed by atoms with E-state index < -0.39 is 0 Å². The molecule has 0 aliphatic carbocycles. The average molecular weight is 246 g/mol. The maximum absolute atomic E-state index is 10.8. The van der Waals surface area contributed by atoms with Gasteiger partial charge in [0.1, 0.15) is 0 Å². The fourth-order valence-corrected chi connectivity index (χ4v) is 2.28. The van der Waals surface area contributed by atoms with Gasteiger partial charge in [-0.05, 0) is 30.3 Å². The van der Waals surface area contributed by atoms with Gasteiger partial charge in [0.2, 0.25) is 0 Å². The van der Waals surface area contributed by atoms with E-state index >= 15 is 0 Å². The topological polar surface area (TPSA) is 69.2 Å². The smallest absolute Gasteiger partial charge is 0.283 e. The van der Waals surface area contributed by atoms with E-state index in [1.807, 2.05) is 12.1 Å². The molecular weight excluding hydrogens is 236 g/mol. The molecule has 2 aromatic rings. The van der Waals surface area contributed by atoms with E-state index in [-0.39, 0.29) is 10.6 Å². The molecule has 0 aliphatic rings. The molecule has 0 spiro atoms. The first kappa shape index (κ1) is 11.5. The summed E-state index contributed by atoms with van der Waals surface area (Å²) in [5.74, 6) is 0. The van der Waals surface area contributed by atoms with E-state index in [9.17, 15) is 10.1 Å². The van der Waals surface area contributed by atoms with E-state index in [2.05, 4.69) is 0 Å². The molecule has 0 saturated carbocycles. The summed E-state index contributed by atoms with van der Waals surface area (Å²) in [5.41, 5.74) is 6.38. The molecule has 5 heteroatoms. The lowest BCUT2D eigenvalue weighted by Crippen LogP contribution is -1.90. The van der Waals surface area contributed by atoms with Gasteiger partial charge in [-0.25, -0.2) is 0 Å². The van der Waals surface area contributed by atoms with Crippen LogP contribution in [0.2, 0.25) is 0 Å². The molecule has 0 bridgehead atoms. The third kappa shape index (κ3) is 2.76. The van der Waals surface area contributed by atoms with Crippen LogP contribution >= 0.6 is 11.8 Å². The summed E-state index contributed by atoms with van der Waals surface area (Å²) in [4.78, 5) is 12.0. The number of nitrogens with two attached hydrogens (primary N) is 1. The second-order valence-corrected chi connectivity index (χ2v) is 4.51. The van der Waals surface area contributed by atoms with Gasteiger partial charge >= 0.3 is 0 Å². The van der Waals surface area contributed by atoms with Crippen LogP contribution in [0, 0.1) is 10.1 Å². The van der Waals surface area contributed by atoms with E-state index in [1.165, 1.54) is 17.8 Å². The number of nitro groups is 1. The van der Waals surface area contributed by atoms with Crippen molar-refractivity contribution in [1.29, 1.82) is 0 Å². The zero-order chi connectivity index (χ0) is 12.3. The summed E-state index contributed by atoms with van der Waals surface area (Å²) < 4.78 is 0. The molecule has 0 aromatic heterocycles. The predicted octanol–water partition coefficient (Wildman–Crippen LogP) is 3.33. The SMILES string of the molecule is Nc1ccc(Sc2ccccc2[N+](=O)[O-])cc1. The van der Waals surface area contributed by atoms with Gasteiger partial charge in [0.25, 0.3) is 5.69 Å². The highest BCUT2D eigenvalue weighted by Crippen LogP contribution is 2.34. The maximum Gasteiger partial charge on any atom is 0.283 e. The van der Waals surface area contributed by atoms with Crippen molar-refractivity contribution in [3.05, 3.63) is 58.6 Å². The number of nitrogen functional groups attached to an aromatic ring is 1. The molecule has 86 valence electrons. The summed E-state index contributed by atoms with van der Waals surface area (Å²) >= 11 is 1.35. The van der Waals surface area contributed by atoms with Gasteiger partial charge in [-0.3, -0.25) is 10.1 Å². The normalized spacial score (nSPS) is 10.1. The van der Waals surface area contributed by atoms with Crippen molar-refractivity contribution >= 4 is 23.1 Å². The monoisotopic (exact) mass is 246 g/mol. The minimum Gasteiger partial charge on any atom is -0.399 e. The predicted molar refractivity (Wildman–Crippen MR) is 68.1 cm³/mol. The molecular formula is C12H10N2O2S. The quantitative estimate of drug-likeness (QED) is 0.512. The van der Waals surface area contributed by atoms with Crippen LogP contribution in [0.3, 0.4) is 0 Å². The first-order valence-corrected chi connectivity index (χ1v) is 5.75. The van der Waals surface area contributed by atoms with Crippen LogP contribution in [0.25, 0.3) is 0 Å². The van der Waals surface area contributed by atoms with E-state index in [0.717, 1.165) is 4.90 Å². The molecule has 2 rings (SSSR count). The molecule has 2 N–H and O–H groups in total. The molecule has 2 aromatic carbocycles. The standard InChI is InChI=1S/C12H10N2O2S/c13-9-5-7-10(8-6-9)17-12-4-2-1-3-11(12)14(15)16/h1-8H,13H2. The third-order valence-electron chi connectivity index (χ3n) is 2.17. The molecule has 17 heavy (non-hydrogen) atoms. The number of rotatable bonds is 3. The molecule has 0 amide bonds. The average Bonchev–Trinajstić information content (AvgIpc) is 2.32. The van der Waals surface area contributed by atoms with Gasteiger partial charge < -0.3 is 5.73 Å². The van der Waals surface area contributed by atoms with Crippen molar-refractivity contribution in [2.45, 2.75) is 9.79 Å². The minimum atomic E-state index is -0.375. The van der Waals surface area contributed by atoms with Crippen LogP contribution in [0.1, 0.15) is 0 Å². The number of hydrogen-bond donors (Lipinski definition) is 1. The first-order chi connectivity index (χ1) is 8.16. The van der Waals surface area contributed by atoms with Crippen LogP contribution in [0.5, 0.6) is 0 Å². The Kier molecular flexibility index (Phi) is 3.30.